The summed E-state index contributed by atoms with van der Waals surface area (Å²) < 4.78 is 0. The molecule has 2 aromatic carbocycles. The van der Waals surface area contributed by atoms with Crippen molar-refractivity contribution in [1.29, 1.82) is 0 Å². The minimum atomic E-state index is 0.270. The van der Waals surface area contributed by atoms with Crippen LogP contribution in [0.4, 0.5) is 0 Å². The van der Waals surface area contributed by atoms with Crippen LogP contribution < -0.4 is 0 Å². The van der Waals surface area contributed by atoms with Gasteiger partial charge in [-0.2, -0.15) is 0 Å². The van der Waals surface area contributed by atoms with Crippen LogP contribution in [0.25, 0.3) is 0 Å². The summed E-state index contributed by atoms with van der Waals surface area (Å²) in [5, 5.41) is 0. The highest BCUT2D eigenvalue weighted by molar-refractivity contribution is 9.09. The lowest BCUT2D eigenvalue weighted by Crippen LogP contribution is -1.96. The van der Waals surface area contributed by atoms with Crippen molar-refractivity contribution >= 4 is 27.7 Å². The zero-order chi connectivity index (χ0) is 14.5. The van der Waals surface area contributed by atoms with E-state index in [4.69, 9.17) is 0 Å². The smallest absolute Gasteiger partial charge is 0.0644 e. The standard InChI is InChI=1S/C18H21BrS/c1-13(2)12-14-4-6-15(7-5-14)18(19)16-8-10-17(20-3)11-9-16/h4-11,13,18H,12H2,1-3H3. The van der Waals surface area contributed by atoms with Gasteiger partial charge in [0.2, 0.25) is 0 Å². The fourth-order valence-electron chi connectivity index (χ4n) is 2.26. The molecule has 0 aliphatic heterocycles. The maximum absolute atomic E-state index is 3.81. The van der Waals surface area contributed by atoms with Gasteiger partial charge in [0.05, 0.1) is 4.83 Å². The monoisotopic (exact) mass is 348 g/mol. The van der Waals surface area contributed by atoms with Crippen LogP contribution in [0.3, 0.4) is 0 Å². The molecule has 0 fully saturated rings. The molecule has 0 aliphatic rings. The largest absolute Gasteiger partial charge is 0.130 e. The molecule has 2 aromatic rings. The molecule has 0 saturated heterocycles. The third-order valence-electron chi connectivity index (χ3n) is 3.32. The highest BCUT2D eigenvalue weighted by Crippen LogP contribution is 2.32. The number of rotatable bonds is 5. The molecular weight excluding hydrogens is 328 g/mol. The Bertz CT molecular complexity index is 528. The van der Waals surface area contributed by atoms with Crippen molar-refractivity contribution in [3.63, 3.8) is 0 Å². The first-order valence-electron chi connectivity index (χ1n) is 6.97. The quantitative estimate of drug-likeness (QED) is 0.465. The SMILES string of the molecule is CSc1ccc(C(Br)c2ccc(CC(C)C)cc2)cc1. The van der Waals surface area contributed by atoms with E-state index in [2.05, 4.69) is 84.6 Å². The summed E-state index contributed by atoms with van der Waals surface area (Å²) in [6, 6.07) is 17.7. The van der Waals surface area contributed by atoms with Crippen molar-refractivity contribution in [1.82, 2.24) is 0 Å². The average molecular weight is 349 g/mol. The van der Waals surface area contributed by atoms with Gasteiger partial charge in [0, 0.05) is 4.90 Å². The number of hydrogen-bond acceptors (Lipinski definition) is 1. The molecule has 0 saturated carbocycles. The van der Waals surface area contributed by atoms with Gasteiger partial charge in [-0.25, -0.2) is 0 Å². The van der Waals surface area contributed by atoms with Crippen molar-refractivity contribution in [3.05, 3.63) is 65.2 Å². The average Bonchev–Trinajstić information content (AvgIpc) is 2.47. The summed E-state index contributed by atoms with van der Waals surface area (Å²) in [5.41, 5.74) is 4.04. The van der Waals surface area contributed by atoms with Crippen LogP contribution in [0.1, 0.15) is 35.4 Å². The summed E-state index contributed by atoms with van der Waals surface area (Å²) in [5.74, 6) is 0.708. The predicted molar refractivity (Wildman–Crippen MR) is 94.0 cm³/mol. The number of alkyl halides is 1. The van der Waals surface area contributed by atoms with Crippen LogP contribution in [0.2, 0.25) is 0 Å². The summed E-state index contributed by atoms with van der Waals surface area (Å²) in [6.45, 7) is 4.52. The van der Waals surface area contributed by atoms with Crippen LogP contribution >= 0.6 is 27.7 Å². The normalized spacial score (nSPS) is 12.7. The Morgan fingerprint density at radius 2 is 1.40 bits per heavy atom. The van der Waals surface area contributed by atoms with Crippen molar-refractivity contribution in [2.45, 2.75) is 30.0 Å². The Kier molecular flexibility index (Phi) is 5.74. The van der Waals surface area contributed by atoms with Crippen LogP contribution in [-0.2, 0) is 6.42 Å². The molecule has 0 radical (unpaired) electrons. The van der Waals surface area contributed by atoms with Gasteiger partial charge >= 0.3 is 0 Å². The molecule has 0 heterocycles. The van der Waals surface area contributed by atoms with E-state index in [9.17, 15) is 0 Å². The van der Waals surface area contributed by atoms with E-state index in [1.165, 1.54) is 21.6 Å². The lowest BCUT2D eigenvalue weighted by molar-refractivity contribution is 0.647. The highest BCUT2D eigenvalue weighted by Gasteiger charge is 2.10. The minimum Gasteiger partial charge on any atom is -0.130 e. The molecule has 0 bridgehead atoms. The van der Waals surface area contributed by atoms with E-state index < -0.39 is 0 Å². The van der Waals surface area contributed by atoms with Crippen LogP contribution in [-0.4, -0.2) is 6.26 Å². The van der Waals surface area contributed by atoms with Gasteiger partial charge in [-0.15, -0.1) is 11.8 Å². The minimum absolute atomic E-state index is 0.270. The molecule has 0 N–H and O–H groups in total. The zero-order valence-electron chi connectivity index (χ0n) is 12.3. The Balaban J connectivity index is 2.13. The molecule has 0 amide bonds. The van der Waals surface area contributed by atoms with E-state index in [0.29, 0.717) is 5.92 Å². The second-order valence-corrected chi connectivity index (χ2v) is 7.27. The predicted octanol–water partition coefficient (Wildman–Crippen LogP) is 6.09. The summed E-state index contributed by atoms with van der Waals surface area (Å²) in [4.78, 5) is 1.58. The molecule has 0 aromatic heterocycles. The van der Waals surface area contributed by atoms with Crippen LogP contribution in [0.5, 0.6) is 0 Å². The van der Waals surface area contributed by atoms with Crippen molar-refractivity contribution in [2.24, 2.45) is 5.92 Å². The molecule has 2 heteroatoms. The Labute approximate surface area is 135 Å². The zero-order valence-corrected chi connectivity index (χ0v) is 14.7. The van der Waals surface area contributed by atoms with Crippen molar-refractivity contribution < 1.29 is 0 Å². The Morgan fingerprint density at radius 3 is 1.85 bits per heavy atom. The lowest BCUT2D eigenvalue weighted by Gasteiger charge is -2.12. The highest BCUT2D eigenvalue weighted by atomic mass is 79.9. The molecule has 2 rings (SSSR count). The van der Waals surface area contributed by atoms with Crippen molar-refractivity contribution in [2.75, 3.05) is 6.26 Å². The maximum atomic E-state index is 3.81. The van der Waals surface area contributed by atoms with E-state index in [0.717, 1.165) is 6.42 Å². The fraction of sp³-hybridized carbons (Fsp3) is 0.333. The van der Waals surface area contributed by atoms with Gasteiger partial charge in [0.1, 0.15) is 0 Å². The first-order chi connectivity index (χ1) is 9.60. The Hall–Kier alpha value is -0.730. The summed E-state index contributed by atoms with van der Waals surface area (Å²) in [6.07, 6.45) is 3.25. The van der Waals surface area contributed by atoms with Gasteiger partial charge < -0.3 is 0 Å². The third-order valence-corrected chi connectivity index (χ3v) is 5.13. The second-order valence-electron chi connectivity index (χ2n) is 5.48. The van der Waals surface area contributed by atoms with Gasteiger partial charge in [0.25, 0.3) is 0 Å². The second kappa shape index (κ2) is 7.33. The number of halogens is 1. The molecule has 0 aliphatic carbocycles. The molecule has 0 nitrogen and oxygen atoms in total. The molecule has 0 spiro atoms. The molecular formula is C18H21BrS. The van der Waals surface area contributed by atoms with Gasteiger partial charge in [-0.1, -0.05) is 66.2 Å². The Morgan fingerprint density at radius 1 is 0.900 bits per heavy atom. The van der Waals surface area contributed by atoms with Gasteiger partial charge in [-0.3, -0.25) is 0 Å². The first kappa shape index (κ1) is 15.7. The first-order valence-corrected chi connectivity index (χ1v) is 9.11. The van der Waals surface area contributed by atoms with E-state index in [1.54, 1.807) is 11.8 Å². The fourth-order valence-corrected chi connectivity index (χ4v) is 3.28. The topological polar surface area (TPSA) is 0 Å². The van der Waals surface area contributed by atoms with E-state index >= 15 is 0 Å². The number of benzene rings is 2. The van der Waals surface area contributed by atoms with E-state index in [1.807, 2.05) is 0 Å². The van der Waals surface area contributed by atoms with Crippen LogP contribution in [0.15, 0.2) is 53.4 Å². The molecule has 20 heavy (non-hydrogen) atoms. The molecule has 1 atom stereocenters. The summed E-state index contributed by atoms with van der Waals surface area (Å²) >= 11 is 5.59. The van der Waals surface area contributed by atoms with Crippen LogP contribution in [0, 0.1) is 5.92 Å². The van der Waals surface area contributed by atoms with Gasteiger partial charge in [0.15, 0.2) is 0 Å². The molecule has 1 unspecified atom stereocenters. The van der Waals surface area contributed by atoms with Gasteiger partial charge in [-0.05, 0) is 47.4 Å². The maximum Gasteiger partial charge on any atom is 0.0644 e. The number of thioether (sulfide) groups is 1. The third kappa shape index (κ3) is 4.13. The lowest BCUT2D eigenvalue weighted by atomic mass is 9.99. The molecule has 106 valence electrons. The summed E-state index contributed by atoms with van der Waals surface area (Å²) in [7, 11) is 0. The van der Waals surface area contributed by atoms with Crippen molar-refractivity contribution in [3.8, 4) is 0 Å². The van der Waals surface area contributed by atoms with E-state index in [-0.39, 0.29) is 4.83 Å². The number of hydrogen-bond donors (Lipinski definition) is 0.